The second kappa shape index (κ2) is 5.84. The van der Waals surface area contributed by atoms with Crippen LogP contribution in [-0.2, 0) is 7.05 Å². The standard InChI is InChI=1S/C18H11FN4O4/c1-21-17(24)14-9-10-8-13(23(26)27)6-7-15(10)22(16(14)20-18(21)25)12-4-2-11(19)3-5-12/h2-9H,1H3. The number of pyridine rings is 1. The summed E-state index contributed by atoms with van der Waals surface area (Å²) in [4.78, 5) is 39.2. The van der Waals surface area contributed by atoms with E-state index in [1.807, 2.05) is 0 Å². The number of nitro benzene ring substituents is 1. The molecule has 0 amide bonds. The number of nitro groups is 1. The maximum Gasteiger partial charge on any atom is 0.352 e. The molecule has 0 radical (unpaired) electrons. The predicted octanol–water partition coefficient (Wildman–Crippen LogP) is 2.24. The predicted molar refractivity (Wildman–Crippen MR) is 95.8 cm³/mol. The molecule has 0 N–H and O–H groups in total. The van der Waals surface area contributed by atoms with Gasteiger partial charge in [0.05, 0.1) is 16.0 Å². The Balaban J connectivity index is 2.22. The summed E-state index contributed by atoms with van der Waals surface area (Å²) in [7, 11) is 1.30. The lowest BCUT2D eigenvalue weighted by Gasteiger charge is -2.18. The minimum absolute atomic E-state index is 0.0936. The molecule has 0 saturated heterocycles. The van der Waals surface area contributed by atoms with Crippen molar-refractivity contribution in [3.8, 4) is 17.1 Å². The molecule has 2 aliphatic heterocycles. The van der Waals surface area contributed by atoms with Crippen LogP contribution in [0.3, 0.4) is 0 Å². The van der Waals surface area contributed by atoms with Crippen LogP contribution in [0.4, 0.5) is 10.1 Å². The van der Waals surface area contributed by atoms with Crippen LogP contribution in [0.5, 0.6) is 0 Å². The molecule has 0 fully saturated rings. The van der Waals surface area contributed by atoms with Crippen molar-refractivity contribution in [2.75, 3.05) is 0 Å². The number of benzene rings is 2. The molecule has 4 rings (SSSR count). The largest absolute Gasteiger partial charge is 0.352 e. The fourth-order valence-electron chi connectivity index (χ4n) is 2.98. The Labute approximate surface area is 150 Å². The second-order valence-corrected chi connectivity index (χ2v) is 5.95. The molecular weight excluding hydrogens is 355 g/mol. The quantitative estimate of drug-likeness (QED) is 0.308. The summed E-state index contributed by atoms with van der Waals surface area (Å²) >= 11 is 0. The number of aromatic nitrogens is 3. The average molecular weight is 366 g/mol. The summed E-state index contributed by atoms with van der Waals surface area (Å²) in [5, 5.41) is 11.5. The molecule has 9 heteroatoms. The first-order valence-electron chi connectivity index (χ1n) is 7.84. The Morgan fingerprint density at radius 3 is 2.44 bits per heavy atom. The highest BCUT2D eigenvalue weighted by molar-refractivity contribution is 5.88. The first-order valence-corrected chi connectivity index (χ1v) is 7.84. The van der Waals surface area contributed by atoms with Crippen LogP contribution < -0.4 is 11.2 Å². The Morgan fingerprint density at radius 1 is 1.07 bits per heavy atom. The van der Waals surface area contributed by atoms with Gasteiger partial charge in [0.15, 0.2) is 5.82 Å². The van der Waals surface area contributed by atoms with Gasteiger partial charge in [0.1, 0.15) is 5.82 Å². The van der Waals surface area contributed by atoms with Gasteiger partial charge in [-0.15, -0.1) is 0 Å². The van der Waals surface area contributed by atoms with E-state index in [0.29, 0.717) is 16.6 Å². The highest BCUT2D eigenvalue weighted by Gasteiger charge is 2.21. The van der Waals surface area contributed by atoms with Crippen LogP contribution in [0.2, 0.25) is 0 Å². The summed E-state index contributed by atoms with van der Waals surface area (Å²) in [5.41, 5.74) is -0.382. The Kier molecular flexibility index (Phi) is 3.58. The van der Waals surface area contributed by atoms with Gasteiger partial charge < -0.3 is 0 Å². The third-order valence-corrected chi connectivity index (χ3v) is 4.32. The highest BCUT2D eigenvalue weighted by Crippen LogP contribution is 2.30. The first kappa shape index (κ1) is 16.6. The molecule has 134 valence electrons. The third-order valence-electron chi connectivity index (χ3n) is 4.32. The Morgan fingerprint density at radius 2 is 1.78 bits per heavy atom. The van der Waals surface area contributed by atoms with Crippen molar-refractivity contribution < 1.29 is 9.31 Å². The van der Waals surface area contributed by atoms with Gasteiger partial charge in [-0.1, -0.05) is 0 Å². The van der Waals surface area contributed by atoms with Crippen LogP contribution in [0, 0.1) is 15.9 Å². The first-order chi connectivity index (χ1) is 12.9. The fraction of sp³-hybridized carbons (Fsp3) is 0.0556. The van der Waals surface area contributed by atoms with E-state index in [1.54, 1.807) is 0 Å². The molecular formula is C18H11FN4O4. The zero-order valence-corrected chi connectivity index (χ0v) is 13.9. The van der Waals surface area contributed by atoms with Crippen LogP contribution in [0.15, 0.2) is 58.1 Å². The minimum atomic E-state index is -0.732. The molecule has 0 aromatic heterocycles. The average Bonchev–Trinajstić information content (AvgIpc) is 2.65. The zero-order valence-electron chi connectivity index (χ0n) is 13.9. The molecule has 2 heterocycles. The number of halogens is 1. The monoisotopic (exact) mass is 366 g/mol. The number of nitrogens with zero attached hydrogens (tertiary/aromatic N) is 4. The van der Waals surface area contributed by atoms with E-state index >= 15 is 0 Å². The summed E-state index contributed by atoms with van der Waals surface area (Å²) in [6.07, 6.45) is 0. The van der Waals surface area contributed by atoms with E-state index in [9.17, 15) is 24.1 Å². The van der Waals surface area contributed by atoms with Gasteiger partial charge in [0.2, 0.25) is 0 Å². The van der Waals surface area contributed by atoms with Crippen molar-refractivity contribution in [2.24, 2.45) is 7.05 Å². The Bertz CT molecular complexity index is 1310. The third kappa shape index (κ3) is 2.56. The molecule has 2 aliphatic rings. The molecule has 0 bridgehead atoms. The van der Waals surface area contributed by atoms with E-state index in [1.165, 1.54) is 60.1 Å². The summed E-state index contributed by atoms with van der Waals surface area (Å²) < 4.78 is 15.7. The summed E-state index contributed by atoms with van der Waals surface area (Å²) in [6.45, 7) is 0. The molecule has 2 aromatic carbocycles. The van der Waals surface area contributed by atoms with Crippen LogP contribution >= 0.6 is 0 Å². The van der Waals surface area contributed by atoms with Crippen molar-refractivity contribution >= 4 is 16.6 Å². The van der Waals surface area contributed by atoms with Gasteiger partial charge in [0, 0.05) is 30.3 Å². The van der Waals surface area contributed by atoms with Gasteiger partial charge in [-0.2, -0.15) is 4.98 Å². The SMILES string of the molecule is Cn1c(=O)nc2n(-c3ccc(F)cc3)c3ccc([N+](=O)[O-])cc3cc-2c1=O. The highest BCUT2D eigenvalue weighted by atomic mass is 19.1. The molecule has 0 unspecified atom stereocenters. The van der Waals surface area contributed by atoms with E-state index in [4.69, 9.17) is 0 Å². The lowest BCUT2D eigenvalue weighted by molar-refractivity contribution is -0.384. The lowest BCUT2D eigenvalue weighted by Crippen LogP contribution is -2.35. The van der Waals surface area contributed by atoms with Crippen molar-refractivity contribution in [1.82, 2.24) is 14.1 Å². The van der Waals surface area contributed by atoms with Crippen LogP contribution in [-0.4, -0.2) is 19.0 Å². The van der Waals surface area contributed by atoms with Gasteiger partial charge in [-0.3, -0.25) is 24.0 Å². The van der Waals surface area contributed by atoms with Gasteiger partial charge >= 0.3 is 5.69 Å². The van der Waals surface area contributed by atoms with Crippen molar-refractivity contribution in [3.05, 3.63) is 85.3 Å². The fourth-order valence-corrected chi connectivity index (χ4v) is 2.98. The number of non-ortho nitro benzene ring substituents is 1. The lowest BCUT2D eigenvalue weighted by atomic mass is 10.1. The van der Waals surface area contributed by atoms with Crippen LogP contribution in [0.1, 0.15) is 0 Å². The van der Waals surface area contributed by atoms with Crippen molar-refractivity contribution in [1.29, 1.82) is 0 Å². The molecule has 0 spiro atoms. The number of hydrogen-bond acceptors (Lipinski definition) is 5. The van der Waals surface area contributed by atoms with Crippen molar-refractivity contribution in [2.45, 2.75) is 0 Å². The smallest absolute Gasteiger partial charge is 0.294 e. The topological polar surface area (TPSA) is 100 Å². The summed E-state index contributed by atoms with van der Waals surface area (Å²) in [5.74, 6) is -0.357. The van der Waals surface area contributed by atoms with Crippen molar-refractivity contribution in [3.63, 3.8) is 0 Å². The normalized spacial score (nSPS) is 11.2. The molecule has 8 nitrogen and oxygen atoms in total. The zero-order chi connectivity index (χ0) is 19.3. The molecule has 27 heavy (non-hydrogen) atoms. The van der Waals surface area contributed by atoms with E-state index in [2.05, 4.69) is 4.98 Å². The number of rotatable bonds is 2. The number of hydrogen-bond donors (Lipinski definition) is 0. The summed E-state index contributed by atoms with van der Waals surface area (Å²) in [6, 6.07) is 11.0. The van der Waals surface area contributed by atoms with E-state index in [-0.39, 0.29) is 17.1 Å². The Hall–Kier alpha value is -3.88. The minimum Gasteiger partial charge on any atom is -0.294 e. The second-order valence-electron chi connectivity index (χ2n) is 5.95. The maximum absolute atomic E-state index is 13.3. The van der Waals surface area contributed by atoms with Gasteiger partial charge in [-0.05, 0) is 36.4 Å². The molecule has 2 aromatic rings. The van der Waals surface area contributed by atoms with E-state index < -0.39 is 22.0 Å². The molecule has 0 aliphatic carbocycles. The molecule has 0 atom stereocenters. The van der Waals surface area contributed by atoms with E-state index in [0.717, 1.165) is 4.57 Å². The van der Waals surface area contributed by atoms with Gasteiger partial charge in [0.25, 0.3) is 11.2 Å². The molecule has 0 saturated carbocycles. The van der Waals surface area contributed by atoms with Gasteiger partial charge in [-0.25, -0.2) is 9.18 Å². The number of fused-ring (bicyclic) bond motifs is 2. The maximum atomic E-state index is 13.3. The van der Waals surface area contributed by atoms with Crippen LogP contribution in [0.25, 0.3) is 28.0 Å².